The molecule has 0 spiro atoms. The molecule has 182 valence electrons. The first-order valence-electron chi connectivity index (χ1n) is 12.1. The van der Waals surface area contributed by atoms with Gasteiger partial charge in [-0.3, -0.25) is 14.5 Å². The first-order chi connectivity index (χ1) is 17.5. The van der Waals surface area contributed by atoms with Gasteiger partial charge in [-0.2, -0.15) is 0 Å². The van der Waals surface area contributed by atoms with Crippen molar-refractivity contribution in [3.8, 4) is 11.1 Å². The van der Waals surface area contributed by atoms with Gasteiger partial charge in [-0.05, 0) is 42.2 Å². The molecule has 2 heterocycles. The number of nitrogens with two attached hydrogens (primary N) is 2. The number of pyridine rings is 1. The summed E-state index contributed by atoms with van der Waals surface area (Å²) in [6, 6.07) is 25.2. The van der Waals surface area contributed by atoms with Crippen LogP contribution < -0.4 is 16.8 Å². The zero-order valence-electron chi connectivity index (χ0n) is 20.0. The van der Waals surface area contributed by atoms with E-state index in [2.05, 4.69) is 39.5 Å². The molecule has 0 bridgehead atoms. The van der Waals surface area contributed by atoms with Gasteiger partial charge in [0.15, 0.2) is 0 Å². The summed E-state index contributed by atoms with van der Waals surface area (Å²) in [5.74, 6) is -0.643. The minimum Gasteiger partial charge on any atom is -0.383 e. The second-order valence-electron chi connectivity index (χ2n) is 9.22. The summed E-state index contributed by atoms with van der Waals surface area (Å²) < 4.78 is 0. The Morgan fingerprint density at radius 1 is 0.917 bits per heavy atom. The van der Waals surface area contributed by atoms with Crippen molar-refractivity contribution in [2.75, 3.05) is 18.8 Å². The van der Waals surface area contributed by atoms with Crippen LogP contribution in [0.4, 0.5) is 5.82 Å². The van der Waals surface area contributed by atoms with Crippen molar-refractivity contribution in [2.24, 2.45) is 5.73 Å². The molecule has 0 saturated carbocycles. The van der Waals surface area contributed by atoms with Crippen LogP contribution in [0.2, 0.25) is 0 Å². The third-order valence-corrected chi connectivity index (χ3v) is 6.77. The highest BCUT2D eigenvalue weighted by Crippen LogP contribution is 2.34. The standard InChI is InChI=1S/C29H29N5O2/c30-27-26(28(31)35)25(23-8-4-5-9-24(23)33-27)20-10-12-21(13-11-20)29(36)32-22-14-16-34(17-15-22)18-19-6-2-1-3-7-19/h1-13,22H,14-18H2,(H2,30,33)(H2,31,35)(H,32,36). The van der Waals surface area contributed by atoms with Gasteiger partial charge in [-0.15, -0.1) is 0 Å². The lowest BCUT2D eigenvalue weighted by Gasteiger charge is -2.32. The number of primary amides is 1. The predicted molar refractivity (Wildman–Crippen MR) is 142 cm³/mol. The highest BCUT2D eigenvalue weighted by Gasteiger charge is 2.22. The molecule has 1 saturated heterocycles. The van der Waals surface area contributed by atoms with Crippen molar-refractivity contribution < 1.29 is 9.59 Å². The topological polar surface area (TPSA) is 114 Å². The average molecular weight is 480 g/mol. The monoisotopic (exact) mass is 479 g/mol. The molecule has 5 rings (SSSR count). The van der Waals surface area contributed by atoms with Gasteiger partial charge in [0.2, 0.25) is 0 Å². The summed E-state index contributed by atoms with van der Waals surface area (Å²) in [7, 11) is 0. The molecule has 3 aromatic carbocycles. The Morgan fingerprint density at radius 3 is 2.28 bits per heavy atom. The average Bonchev–Trinajstić information content (AvgIpc) is 2.89. The van der Waals surface area contributed by atoms with E-state index >= 15 is 0 Å². The maximum atomic E-state index is 12.9. The molecule has 7 nitrogen and oxygen atoms in total. The third kappa shape index (κ3) is 4.92. The maximum Gasteiger partial charge on any atom is 0.253 e. The van der Waals surface area contributed by atoms with E-state index in [0.29, 0.717) is 16.6 Å². The normalized spacial score (nSPS) is 14.6. The van der Waals surface area contributed by atoms with Crippen LogP contribution in [0.5, 0.6) is 0 Å². The first kappa shape index (κ1) is 23.5. The summed E-state index contributed by atoms with van der Waals surface area (Å²) in [5, 5.41) is 3.96. The van der Waals surface area contributed by atoms with Gasteiger partial charge in [0.1, 0.15) is 5.82 Å². The molecule has 0 radical (unpaired) electrons. The molecular weight excluding hydrogens is 450 g/mol. The van der Waals surface area contributed by atoms with Crippen molar-refractivity contribution >= 4 is 28.5 Å². The minimum atomic E-state index is -0.638. The lowest BCUT2D eigenvalue weighted by Crippen LogP contribution is -2.44. The van der Waals surface area contributed by atoms with Gasteiger partial charge < -0.3 is 16.8 Å². The highest BCUT2D eigenvalue weighted by atomic mass is 16.2. The van der Waals surface area contributed by atoms with Gasteiger partial charge in [0.05, 0.1) is 11.1 Å². The van der Waals surface area contributed by atoms with E-state index in [-0.39, 0.29) is 23.3 Å². The summed E-state index contributed by atoms with van der Waals surface area (Å²) >= 11 is 0. The smallest absolute Gasteiger partial charge is 0.253 e. The van der Waals surface area contributed by atoms with E-state index in [1.54, 1.807) is 12.1 Å². The number of likely N-dealkylation sites (tertiary alicyclic amines) is 1. The minimum absolute atomic E-state index is 0.0941. The number of fused-ring (bicyclic) bond motifs is 1. The number of nitrogen functional groups attached to an aromatic ring is 1. The van der Waals surface area contributed by atoms with E-state index < -0.39 is 5.91 Å². The number of carbonyl (C=O) groups excluding carboxylic acids is 2. The fraction of sp³-hybridized carbons (Fsp3) is 0.207. The molecular formula is C29H29N5O2. The van der Waals surface area contributed by atoms with Gasteiger partial charge in [0.25, 0.3) is 11.8 Å². The van der Waals surface area contributed by atoms with Gasteiger partial charge in [-0.1, -0.05) is 60.7 Å². The van der Waals surface area contributed by atoms with Crippen LogP contribution in [0, 0.1) is 0 Å². The number of amides is 2. The van der Waals surface area contributed by atoms with Crippen LogP contribution >= 0.6 is 0 Å². The zero-order valence-corrected chi connectivity index (χ0v) is 20.0. The van der Waals surface area contributed by atoms with E-state index in [4.69, 9.17) is 11.5 Å². The molecule has 0 unspecified atom stereocenters. The number of rotatable bonds is 6. The number of nitrogens with one attached hydrogen (secondary N) is 1. The lowest BCUT2D eigenvalue weighted by molar-refractivity contribution is 0.0908. The number of carbonyl (C=O) groups is 2. The molecule has 1 fully saturated rings. The van der Waals surface area contributed by atoms with Crippen LogP contribution in [-0.2, 0) is 6.54 Å². The summed E-state index contributed by atoms with van der Waals surface area (Å²) in [4.78, 5) is 31.9. The van der Waals surface area contributed by atoms with E-state index in [1.165, 1.54) is 5.56 Å². The molecule has 4 aromatic rings. The van der Waals surface area contributed by atoms with E-state index in [0.717, 1.165) is 43.4 Å². The van der Waals surface area contributed by atoms with Crippen LogP contribution in [0.25, 0.3) is 22.0 Å². The fourth-order valence-corrected chi connectivity index (χ4v) is 4.91. The number of benzene rings is 3. The number of anilines is 1. The maximum absolute atomic E-state index is 12.9. The number of aromatic nitrogens is 1. The van der Waals surface area contributed by atoms with Gasteiger partial charge >= 0.3 is 0 Å². The van der Waals surface area contributed by atoms with Crippen LogP contribution in [-0.4, -0.2) is 40.8 Å². The Bertz CT molecular complexity index is 1390. The van der Waals surface area contributed by atoms with Crippen molar-refractivity contribution in [3.05, 3.63) is 95.6 Å². The Morgan fingerprint density at radius 2 is 1.58 bits per heavy atom. The van der Waals surface area contributed by atoms with E-state index in [9.17, 15) is 9.59 Å². The van der Waals surface area contributed by atoms with Gasteiger partial charge in [-0.25, -0.2) is 4.98 Å². The van der Waals surface area contributed by atoms with Crippen LogP contribution in [0.3, 0.4) is 0 Å². The summed E-state index contributed by atoms with van der Waals surface area (Å²) in [5.41, 5.74) is 15.9. The number of hydrogen-bond acceptors (Lipinski definition) is 5. The van der Waals surface area contributed by atoms with Crippen LogP contribution in [0.15, 0.2) is 78.9 Å². The summed E-state index contributed by atoms with van der Waals surface area (Å²) in [6.45, 7) is 2.83. The van der Waals surface area contributed by atoms with Crippen molar-refractivity contribution in [1.29, 1.82) is 0 Å². The molecule has 0 atom stereocenters. The van der Waals surface area contributed by atoms with Crippen molar-refractivity contribution in [2.45, 2.75) is 25.4 Å². The largest absolute Gasteiger partial charge is 0.383 e. The highest BCUT2D eigenvalue weighted by molar-refractivity contribution is 6.11. The molecule has 2 amide bonds. The number of piperidine rings is 1. The predicted octanol–water partition coefficient (Wildman–Crippen LogP) is 3.98. The fourth-order valence-electron chi connectivity index (χ4n) is 4.91. The number of nitrogens with zero attached hydrogens (tertiary/aromatic N) is 2. The molecule has 1 aliphatic rings. The second kappa shape index (κ2) is 10.2. The Labute approximate surface area is 210 Å². The Balaban J connectivity index is 1.28. The van der Waals surface area contributed by atoms with Crippen molar-refractivity contribution in [1.82, 2.24) is 15.2 Å². The van der Waals surface area contributed by atoms with Crippen LogP contribution in [0.1, 0.15) is 39.1 Å². The number of para-hydroxylation sites is 1. The zero-order chi connectivity index (χ0) is 25.1. The SMILES string of the molecule is NC(=O)c1c(N)nc2ccccc2c1-c1ccc(C(=O)NC2CCN(Cc3ccccc3)CC2)cc1. The van der Waals surface area contributed by atoms with Crippen molar-refractivity contribution in [3.63, 3.8) is 0 Å². The Hall–Kier alpha value is -4.23. The molecule has 36 heavy (non-hydrogen) atoms. The molecule has 0 aliphatic carbocycles. The molecule has 1 aliphatic heterocycles. The lowest BCUT2D eigenvalue weighted by atomic mass is 9.94. The molecule has 1 aromatic heterocycles. The third-order valence-electron chi connectivity index (χ3n) is 6.77. The quantitative estimate of drug-likeness (QED) is 0.387. The number of hydrogen-bond donors (Lipinski definition) is 3. The second-order valence-corrected chi connectivity index (χ2v) is 9.22. The Kier molecular flexibility index (Phi) is 6.64. The van der Waals surface area contributed by atoms with E-state index in [1.807, 2.05) is 42.5 Å². The molecule has 5 N–H and O–H groups in total. The summed E-state index contributed by atoms with van der Waals surface area (Å²) in [6.07, 6.45) is 1.84. The molecule has 7 heteroatoms. The first-order valence-corrected chi connectivity index (χ1v) is 12.1. The van der Waals surface area contributed by atoms with Gasteiger partial charge in [0, 0.05) is 42.2 Å².